The van der Waals surface area contributed by atoms with Crippen LogP contribution < -0.4 is 10.9 Å². The molecular weight excluding hydrogens is 357 g/mol. The lowest BCUT2D eigenvalue weighted by molar-refractivity contribution is -0.121. The van der Waals surface area contributed by atoms with Crippen LogP contribution in [-0.2, 0) is 17.6 Å². The molecule has 0 unspecified atom stereocenters. The third kappa shape index (κ3) is 4.11. The van der Waals surface area contributed by atoms with Crippen LogP contribution in [0.2, 0.25) is 0 Å². The lowest BCUT2D eigenvalue weighted by Gasteiger charge is -2.13. The van der Waals surface area contributed by atoms with Gasteiger partial charge >= 0.3 is 0 Å². The number of hydrogen-bond acceptors (Lipinski definition) is 3. The van der Waals surface area contributed by atoms with Gasteiger partial charge in [-0.15, -0.1) is 0 Å². The highest BCUT2D eigenvalue weighted by Crippen LogP contribution is 2.34. The number of carbonyl (C=O) groups is 1. The van der Waals surface area contributed by atoms with Gasteiger partial charge in [0.15, 0.2) is 0 Å². The molecule has 1 saturated carbocycles. The first-order chi connectivity index (χ1) is 13.6. The molecule has 0 saturated heterocycles. The van der Waals surface area contributed by atoms with Gasteiger partial charge < -0.3 is 5.32 Å². The third-order valence-electron chi connectivity index (χ3n) is 5.02. The summed E-state index contributed by atoms with van der Waals surface area (Å²) in [6.45, 7) is 0.491. The molecular formula is C22H22FN3O2. The number of carbonyl (C=O) groups excluding carboxylic acids is 1. The van der Waals surface area contributed by atoms with E-state index in [2.05, 4.69) is 10.3 Å². The summed E-state index contributed by atoms with van der Waals surface area (Å²) in [6, 6.07) is 13.8. The van der Waals surface area contributed by atoms with Crippen molar-refractivity contribution in [1.29, 1.82) is 0 Å². The van der Waals surface area contributed by atoms with E-state index >= 15 is 0 Å². The zero-order chi connectivity index (χ0) is 19.5. The van der Waals surface area contributed by atoms with Gasteiger partial charge in [0.25, 0.3) is 5.56 Å². The Balaban J connectivity index is 1.39. The fourth-order valence-electron chi connectivity index (χ4n) is 3.39. The molecule has 6 heteroatoms. The van der Waals surface area contributed by atoms with Crippen LogP contribution in [0.15, 0.2) is 53.3 Å². The second kappa shape index (κ2) is 7.92. The standard InChI is InChI=1S/C22H22FN3O2/c23-16-7-5-15(6-8-16)13-14-24-21(27)12-11-20-25-19-4-2-1-3-18(19)22(28)26(20)17-9-10-17/h1-8,17H,9-14H2,(H,24,27). The van der Waals surface area contributed by atoms with Crippen molar-refractivity contribution >= 4 is 16.8 Å². The molecule has 4 rings (SSSR count). The maximum Gasteiger partial charge on any atom is 0.261 e. The molecule has 1 amide bonds. The molecule has 0 radical (unpaired) electrons. The molecule has 0 atom stereocenters. The van der Waals surface area contributed by atoms with Crippen molar-refractivity contribution in [1.82, 2.24) is 14.9 Å². The maximum atomic E-state index is 12.9. The van der Waals surface area contributed by atoms with Gasteiger partial charge in [0.2, 0.25) is 5.91 Å². The first kappa shape index (κ1) is 18.3. The topological polar surface area (TPSA) is 64.0 Å². The van der Waals surface area contributed by atoms with Crippen molar-refractivity contribution in [2.24, 2.45) is 0 Å². The quantitative estimate of drug-likeness (QED) is 0.686. The first-order valence-electron chi connectivity index (χ1n) is 9.63. The largest absolute Gasteiger partial charge is 0.356 e. The molecule has 1 heterocycles. The van der Waals surface area contributed by atoms with Crippen molar-refractivity contribution in [3.63, 3.8) is 0 Å². The van der Waals surface area contributed by atoms with E-state index in [0.29, 0.717) is 36.1 Å². The van der Waals surface area contributed by atoms with Crippen molar-refractivity contribution in [3.8, 4) is 0 Å². The van der Waals surface area contributed by atoms with Gasteiger partial charge in [-0.05, 0) is 49.1 Å². The number of para-hydroxylation sites is 1. The normalized spacial score (nSPS) is 13.6. The molecule has 1 N–H and O–H groups in total. The summed E-state index contributed by atoms with van der Waals surface area (Å²) >= 11 is 0. The van der Waals surface area contributed by atoms with Crippen LogP contribution in [0, 0.1) is 5.82 Å². The van der Waals surface area contributed by atoms with Gasteiger partial charge in [0.05, 0.1) is 10.9 Å². The number of aromatic nitrogens is 2. The Morgan fingerprint density at radius 3 is 2.61 bits per heavy atom. The number of rotatable bonds is 7. The van der Waals surface area contributed by atoms with E-state index in [4.69, 9.17) is 0 Å². The van der Waals surface area contributed by atoms with Gasteiger partial charge in [-0.3, -0.25) is 14.2 Å². The molecule has 1 aliphatic carbocycles. The minimum atomic E-state index is -0.266. The molecule has 0 spiro atoms. The lowest BCUT2D eigenvalue weighted by atomic mass is 10.1. The molecule has 0 aliphatic heterocycles. The number of amides is 1. The van der Waals surface area contributed by atoms with E-state index in [1.165, 1.54) is 12.1 Å². The molecule has 5 nitrogen and oxygen atoms in total. The highest BCUT2D eigenvalue weighted by molar-refractivity contribution is 5.78. The number of aryl methyl sites for hydroxylation is 1. The van der Waals surface area contributed by atoms with Gasteiger partial charge in [0, 0.05) is 25.4 Å². The van der Waals surface area contributed by atoms with Crippen LogP contribution in [0.1, 0.15) is 36.7 Å². The summed E-state index contributed by atoms with van der Waals surface area (Å²) in [5, 5.41) is 3.51. The Hall–Kier alpha value is -3.02. The van der Waals surface area contributed by atoms with Gasteiger partial charge in [0.1, 0.15) is 11.6 Å². The maximum absolute atomic E-state index is 12.9. The van der Waals surface area contributed by atoms with Crippen LogP contribution in [-0.4, -0.2) is 22.0 Å². The summed E-state index contributed by atoms with van der Waals surface area (Å²) in [5.74, 6) is 0.337. The number of nitrogens with zero attached hydrogens (tertiary/aromatic N) is 2. The van der Waals surface area contributed by atoms with Crippen molar-refractivity contribution < 1.29 is 9.18 Å². The number of halogens is 1. The van der Waals surface area contributed by atoms with E-state index in [0.717, 1.165) is 18.4 Å². The Bertz CT molecular complexity index is 1060. The molecule has 1 fully saturated rings. The molecule has 1 aliphatic rings. The Morgan fingerprint density at radius 2 is 1.86 bits per heavy atom. The highest BCUT2D eigenvalue weighted by Gasteiger charge is 2.28. The smallest absolute Gasteiger partial charge is 0.261 e. The van der Waals surface area contributed by atoms with Gasteiger partial charge in [-0.1, -0.05) is 24.3 Å². The van der Waals surface area contributed by atoms with Gasteiger partial charge in [-0.25, -0.2) is 9.37 Å². The Labute approximate surface area is 162 Å². The number of fused-ring (bicyclic) bond motifs is 1. The van der Waals surface area contributed by atoms with Crippen LogP contribution in [0.4, 0.5) is 4.39 Å². The van der Waals surface area contributed by atoms with E-state index in [9.17, 15) is 14.0 Å². The predicted molar refractivity (Wildman–Crippen MR) is 106 cm³/mol. The monoisotopic (exact) mass is 379 g/mol. The molecule has 0 bridgehead atoms. The van der Waals surface area contributed by atoms with E-state index in [-0.39, 0.29) is 29.7 Å². The molecule has 1 aromatic heterocycles. The summed E-state index contributed by atoms with van der Waals surface area (Å²) in [6.07, 6.45) is 3.32. The summed E-state index contributed by atoms with van der Waals surface area (Å²) in [5.41, 5.74) is 1.64. The number of hydrogen-bond donors (Lipinski definition) is 1. The zero-order valence-electron chi connectivity index (χ0n) is 15.5. The molecule has 144 valence electrons. The minimum absolute atomic E-state index is 0.0141. The average molecular weight is 379 g/mol. The van der Waals surface area contributed by atoms with E-state index in [1.54, 1.807) is 22.8 Å². The fourth-order valence-corrected chi connectivity index (χ4v) is 3.39. The SMILES string of the molecule is O=C(CCc1nc2ccccc2c(=O)n1C1CC1)NCCc1ccc(F)cc1. The van der Waals surface area contributed by atoms with Crippen LogP contribution in [0.3, 0.4) is 0 Å². The second-order valence-corrected chi connectivity index (χ2v) is 7.18. The van der Waals surface area contributed by atoms with Gasteiger partial charge in [-0.2, -0.15) is 0 Å². The predicted octanol–water partition coefficient (Wildman–Crippen LogP) is 3.16. The van der Waals surface area contributed by atoms with E-state index in [1.807, 2.05) is 18.2 Å². The minimum Gasteiger partial charge on any atom is -0.356 e. The Morgan fingerprint density at radius 1 is 1.11 bits per heavy atom. The van der Waals surface area contributed by atoms with Crippen LogP contribution in [0.25, 0.3) is 10.9 Å². The second-order valence-electron chi connectivity index (χ2n) is 7.18. The summed E-state index contributed by atoms with van der Waals surface area (Å²) in [7, 11) is 0. The highest BCUT2D eigenvalue weighted by atomic mass is 19.1. The average Bonchev–Trinajstić information content (AvgIpc) is 3.53. The van der Waals surface area contributed by atoms with Crippen molar-refractivity contribution in [2.75, 3.05) is 6.54 Å². The molecule has 3 aromatic rings. The summed E-state index contributed by atoms with van der Waals surface area (Å²) < 4.78 is 14.7. The number of benzene rings is 2. The first-order valence-corrected chi connectivity index (χ1v) is 9.63. The third-order valence-corrected chi connectivity index (χ3v) is 5.02. The zero-order valence-corrected chi connectivity index (χ0v) is 15.5. The molecule has 2 aromatic carbocycles. The van der Waals surface area contributed by atoms with Crippen LogP contribution in [0.5, 0.6) is 0 Å². The van der Waals surface area contributed by atoms with Crippen LogP contribution >= 0.6 is 0 Å². The summed E-state index contributed by atoms with van der Waals surface area (Å²) in [4.78, 5) is 29.7. The lowest BCUT2D eigenvalue weighted by Crippen LogP contribution is -2.28. The number of nitrogens with one attached hydrogen (secondary N) is 1. The van der Waals surface area contributed by atoms with E-state index < -0.39 is 0 Å². The van der Waals surface area contributed by atoms with Crippen molar-refractivity contribution in [2.45, 2.75) is 38.1 Å². The Kier molecular flexibility index (Phi) is 5.19. The molecule has 28 heavy (non-hydrogen) atoms. The fraction of sp³-hybridized carbons (Fsp3) is 0.318. The van der Waals surface area contributed by atoms with Crippen molar-refractivity contribution in [3.05, 3.63) is 76.1 Å².